The van der Waals surface area contributed by atoms with Gasteiger partial charge in [0.05, 0.1) is 5.69 Å². The van der Waals surface area contributed by atoms with E-state index in [1.807, 2.05) is 24.3 Å². The molecule has 2 aromatic heterocycles. The first-order chi connectivity index (χ1) is 30.3. The zero-order valence-electron chi connectivity index (χ0n) is 33.1. The minimum absolute atomic E-state index is 0.882. The number of benzene rings is 10. The number of hydrogen-bond donors (Lipinski definition) is 0. The summed E-state index contributed by atoms with van der Waals surface area (Å²) < 4.78 is 12.6. The number of fused-ring (bicyclic) bond motifs is 7. The van der Waals surface area contributed by atoms with E-state index in [2.05, 4.69) is 205 Å². The Morgan fingerprint density at radius 2 is 0.754 bits per heavy atom. The van der Waals surface area contributed by atoms with Crippen molar-refractivity contribution in [2.24, 2.45) is 0 Å². The van der Waals surface area contributed by atoms with Crippen LogP contribution in [0.25, 0.3) is 99.2 Å². The summed E-state index contributed by atoms with van der Waals surface area (Å²) in [6, 6.07) is 80.0. The van der Waals surface area contributed by atoms with E-state index in [4.69, 9.17) is 8.83 Å². The lowest BCUT2D eigenvalue weighted by Gasteiger charge is -2.29. The Labute approximate surface area is 353 Å². The van der Waals surface area contributed by atoms with Gasteiger partial charge in [-0.1, -0.05) is 170 Å². The first-order valence-electron chi connectivity index (χ1n) is 20.7. The van der Waals surface area contributed by atoms with Gasteiger partial charge in [-0.2, -0.15) is 0 Å². The molecule has 3 nitrogen and oxygen atoms in total. The second-order valence-corrected chi connectivity index (χ2v) is 15.6. The summed E-state index contributed by atoms with van der Waals surface area (Å²) in [6.07, 6.45) is 0. The van der Waals surface area contributed by atoms with Gasteiger partial charge in [0.1, 0.15) is 22.3 Å². The minimum atomic E-state index is 0.882. The summed E-state index contributed by atoms with van der Waals surface area (Å²) in [5.41, 5.74) is 16.0. The summed E-state index contributed by atoms with van der Waals surface area (Å²) in [5.74, 6) is 0. The molecule has 0 saturated heterocycles. The summed E-state index contributed by atoms with van der Waals surface area (Å²) in [7, 11) is 0. The Balaban J connectivity index is 1.07. The van der Waals surface area contributed by atoms with Gasteiger partial charge in [0.25, 0.3) is 0 Å². The molecule has 0 spiro atoms. The van der Waals surface area contributed by atoms with Crippen LogP contribution < -0.4 is 4.90 Å². The normalized spacial score (nSPS) is 11.6. The Bertz CT molecular complexity index is 3590. The lowest BCUT2D eigenvalue weighted by atomic mass is 9.90. The van der Waals surface area contributed by atoms with E-state index in [9.17, 15) is 0 Å². The Hall–Kier alpha value is -8.14. The van der Waals surface area contributed by atoms with E-state index < -0.39 is 0 Å². The van der Waals surface area contributed by atoms with E-state index in [0.29, 0.717) is 0 Å². The van der Waals surface area contributed by atoms with Crippen LogP contribution in [0.15, 0.2) is 233 Å². The highest BCUT2D eigenvalue weighted by molar-refractivity contribution is 6.14. The maximum absolute atomic E-state index is 6.35. The molecule has 0 fully saturated rings. The van der Waals surface area contributed by atoms with Gasteiger partial charge in [-0.25, -0.2) is 0 Å². The number of rotatable bonds is 7. The van der Waals surface area contributed by atoms with Crippen LogP contribution in [-0.2, 0) is 0 Å². The van der Waals surface area contributed by atoms with Crippen molar-refractivity contribution in [1.82, 2.24) is 0 Å². The number of hydrogen-bond acceptors (Lipinski definition) is 3. The zero-order valence-corrected chi connectivity index (χ0v) is 33.1. The number of anilines is 3. The molecule has 3 heteroatoms. The van der Waals surface area contributed by atoms with Crippen LogP contribution in [0.5, 0.6) is 0 Å². The molecule has 0 bridgehead atoms. The predicted molar refractivity (Wildman–Crippen MR) is 255 cm³/mol. The van der Waals surface area contributed by atoms with E-state index in [1.54, 1.807) is 0 Å². The highest BCUT2D eigenvalue weighted by atomic mass is 16.3. The minimum Gasteiger partial charge on any atom is -0.456 e. The van der Waals surface area contributed by atoms with Crippen molar-refractivity contribution in [2.75, 3.05) is 4.90 Å². The van der Waals surface area contributed by atoms with E-state index in [0.717, 1.165) is 88.8 Å². The lowest BCUT2D eigenvalue weighted by molar-refractivity contribution is 0.668. The van der Waals surface area contributed by atoms with Crippen LogP contribution in [-0.4, -0.2) is 0 Å². The fraction of sp³-hybridized carbons (Fsp3) is 0. The van der Waals surface area contributed by atoms with Crippen LogP contribution in [0.1, 0.15) is 0 Å². The molecule has 12 aromatic rings. The van der Waals surface area contributed by atoms with E-state index in [-0.39, 0.29) is 0 Å². The molecule has 0 amide bonds. The molecule has 0 saturated carbocycles. The molecule has 286 valence electrons. The molecule has 0 radical (unpaired) electrons. The van der Waals surface area contributed by atoms with Gasteiger partial charge in [0.15, 0.2) is 0 Å². The summed E-state index contributed by atoms with van der Waals surface area (Å²) >= 11 is 0. The Morgan fingerprint density at radius 1 is 0.279 bits per heavy atom. The summed E-state index contributed by atoms with van der Waals surface area (Å²) in [5, 5.41) is 6.92. The largest absolute Gasteiger partial charge is 0.456 e. The predicted octanol–water partition coefficient (Wildman–Crippen LogP) is 16.8. The second kappa shape index (κ2) is 14.3. The fourth-order valence-electron chi connectivity index (χ4n) is 9.38. The highest BCUT2D eigenvalue weighted by Crippen LogP contribution is 2.47. The molecular formula is C58H37NO2. The first kappa shape index (κ1) is 34.9. The van der Waals surface area contributed by atoms with Gasteiger partial charge < -0.3 is 13.7 Å². The quantitative estimate of drug-likeness (QED) is 0.161. The number of para-hydroxylation sites is 3. The maximum Gasteiger partial charge on any atom is 0.136 e. The third-order valence-corrected chi connectivity index (χ3v) is 12.1. The molecule has 0 atom stereocenters. The fourth-order valence-corrected chi connectivity index (χ4v) is 9.38. The molecule has 0 aliphatic rings. The molecule has 12 rings (SSSR count). The van der Waals surface area contributed by atoms with Crippen molar-refractivity contribution in [3.8, 4) is 44.5 Å². The molecular weight excluding hydrogens is 743 g/mol. The highest BCUT2D eigenvalue weighted by Gasteiger charge is 2.22. The standard InChI is InChI=1S/C58H37NO2/c1-2-15-38(16-3-1)44-24-11-17-40-18-12-27-48(56(40)44)47-21-4-7-28-51(47)59(42-35-33-39(34-36-42)45-25-13-31-54-57(45)49-22-5-8-29-52(49)60-54)43-20-10-19-41(37-43)46-26-14-32-55-58(46)50-23-6-9-30-53(50)61-55/h1-37H. The van der Waals surface area contributed by atoms with Crippen LogP contribution >= 0.6 is 0 Å². The number of furan rings is 2. The maximum atomic E-state index is 6.35. The van der Waals surface area contributed by atoms with Gasteiger partial charge in [0.2, 0.25) is 0 Å². The average molecular weight is 780 g/mol. The van der Waals surface area contributed by atoms with Crippen LogP contribution in [0.3, 0.4) is 0 Å². The van der Waals surface area contributed by atoms with Crippen LogP contribution in [0.4, 0.5) is 17.1 Å². The van der Waals surface area contributed by atoms with Crippen molar-refractivity contribution in [3.63, 3.8) is 0 Å². The van der Waals surface area contributed by atoms with Gasteiger partial charge in [-0.15, -0.1) is 0 Å². The van der Waals surface area contributed by atoms with E-state index in [1.165, 1.54) is 27.5 Å². The smallest absolute Gasteiger partial charge is 0.136 e. The first-order valence-corrected chi connectivity index (χ1v) is 20.7. The Kier molecular flexibility index (Phi) is 8.17. The zero-order chi connectivity index (χ0) is 40.3. The van der Waals surface area contributed by atoms with Crippen molar-refractivity contribution in [2.45, 2.75) is 0 Å². The third-order valence-electron chi connectivity index (χ3n) is 12.1. The van der Waals surface area contributed by atoms with E-state index >= 15 is 0 Å². The van der Waals surface area contributed by atoms with Crippen LogP contribution in [0, 0.1) is 0 Å². The average Bonchev–Trinajstić information content (AvgIpc) is 3.91. The topological polar surface area (TPSA) is 29.5 Å². The molecule has 10 aromatic carbocycles. The molecule has 61 heavy (non-hydrogen) atoms. The molecule has 0 aliphatic carbocycles. The van der Waals surface area contributed by atoms with Gasteiger partial charge >= 0.3 is 0 Å². The Morgan fingerprint density at radius 3 is 1.44 bits per heavy atom. The van der Waals surface area contributed by atoms with Crippen molar-refractivity contribution >= 4 is 71.7 Å². The third kappa shape index (κ3) is 5.82. The molecule has 0 aliphatic heterocycles. The number of nitrogens with zero attached hydrogens (tertiary/aromatic N) is 1. The molecule has 0 unspecified atom stereocenters. The van der Waals surface area contributed by atoms with Crippen molar-refractivity contribution < 1.29 is 8.83 Å². The van der Waals surface area contributed by atoms with Crippen LogP contribution in [0.2, 0.25) is 0 Å². The van der Waals surface area contributed by atoms with Gasteiger partial charge in [0, 0.05) is 38.5 Å². The SMILES string of the molecule is c1ccc(-c2cccc3cccc(-c4ccccc4N(c4ccc(-c5cccc6oc7ccccc7c56)cc4)c4cccc(-c5cccc6oc7ccccc7c56)c4)c23)cc1. The van der Waals surface area contributed by atoms with Gasteiger partial charge in [-0.05, 0) is 104 Å². The summed E-state index contributed by atoms with van der Waals surface area (Å²) in [4.78, 5) is 2.41. The summed E-state index contributed by atoms with van der Waals surface area (Å²) in [6.45, 7) is 0. The van der Waals surface area contributed by atoms with Crippen molar-refractivity contribution in [1.29, 1.82) is 0 Å². The molecule has 2 heterocycles. The second-order valence-electron chi connectivity index (χ2n) is 15.6. The monoisotopic (exact) mass is 779 g/mol. The molecule has 0 N–H and O–H groups in total. The lowest BCUT2D eigenvalue weighted by Crippen LogP contribution is -2.11. The van der Waals surface area contributed by atoms with Crippen molar-refractivity contribution in [3.05, 3.63) is 224 Å². The van der Waals surface area contributed by atoms with Gasteiger partial charge in [-0.3, -0.25) is 0 Å².